The van der Waals surface area contributed by atoms with Gasteiger partial charge in [0.25, 0.3) is 5.91 Å². The molecule has 0 bridgehead atoms. The minimum Gasteiger partial charge on any atom is -0.497 e. The molecule has 4 nitrogen and oxygen atoms in total. The number of aryl methyl sites for hydroxylation is 3. The third kappa shape index (κ3) is 3.86. The number of aromatic nitrogens is 1. The van der Waals surface area contributed by atoms with Crippen LogP contribution in [0.5, 0.6) is 5.75 Å². The lowest BCUT2D eigenvalue weighted by atomic mass is 10.1. The van der Waals surface area contributed by atoms with E-state index in [2.05, 4.69) is 15.8 Å². The van der Waals surface area contributed by atoms with Crippen LogP contribution < -0.4 is 9.54 Å². The van der Waals surface area contributed by atoms with E-state index in [1.165, 1.54) is 11.3 Å². The first kappa shape index (κ1) is 18.7. The van der Waals surface area contributed by atoms with E-state index < -0.39 is 0 Å². The van der Waals surface area contributed by atoms with Gasteiger partial charge in [-0.3, -0.25) is 4.79 Å². The number of carbonyl (C=O) groups is 1. The minimum atomic E-state index is -0.195. The molecule has 0 unspecified atom stereocenters. The quantitative estimate of drug-likeness (QED) is 0.651. The third-order valence-electron chi connectivity index (χ3n) is 4.22. The molecule has 0 aliphatic rings. The molecule has 6 heteroatoms. The van der Waals surface area contributed by atoms with E-state index in [0.29, 0.717) is 5.56 Å². The Balaban J connectivity index is 2.12. The zero-order valence-electron chi connectivity index (χ0n) is 15.4. The van der Waals surface area contributed by atoms with Gasteiger partial charge < -0.3 is 9.30 Å². The van der Waals surface area contributed by atoms with Crippen LogP contribution in [-0.2, 0) is 6.54 Å². The van der Waals surface area contributed by atoms with Crippen LogP contribution in [0.15, 0.2) is 41.4 Å². The van der Waals surface area contributed by atoms with E-state index in [-0.39, 0.29) is 5.91 Å². The number of thiazole rings is 1. The number of thioether (sulfide) groups is 1. The first-order chi connectivity index (χ1) is 12.5. The van der Waals surface area contributed by atoms with Gasteiger partial charge in [0.2, 0.25) is 0 Å². The van der Waals surface area contributed by atoms with Gasteiger partial charge in [-0.15, -0.1) is 0 Å². The number of hydrogen-bond acceptors (Lipinski definition) is 4. The fraction of sp³-hybridized carbons (Fsp3) is 0.300. The van der Waals surface area contributed by atoms with Gasteiger partial charge in [-0.2, -0.15) is 16.8 Å². The van der Waals surface area contributed by atoms with E-state index in [1.54, 1.807) is 18.9 Å². The number of rotatable bonds is 5. The summed E-state index contributed by atoms with van der Waals surface area (Å²) in [6, 6.07) is 11.8. The Bertz CT molecular complexity index is 1020. The zero-order chi connectivity index (χ0) is 18.7. The Kier molecular flexibility index (Phi) is 5.84. The van der Waals surface area contributed by atoms with Crippen molar-refractivity contribution in [1.29, 1.82) is 0 Å². The Hall–Kier alpha value is -2.05. The Morgan fingerprint density at radius 2 is 2.04 bits per heavy atom. The summed E-state index contributed by atoms with van der Waals surface area (Å²) in [7, 11) is 1.66. The average Bonchev–Trinajstić information content (AvgIpc) is 2.95. The molecule has 0 N–H and O–H groups in total. The van der Waals surface area contributed by atoms with Gasteiger partial charge in [-0.25, -0.2) is 0 Å². The highest BCUT2D eigenvalue weighted by Crippen LogP contribution is 2.23. The van der Waals surface area contributed by atoms with Crippen molar-refractivity contribution in [1.82, 2.24) is 4.57 Å². The lowest BCUT2D eigenvalue weighted by molar-refractivity contribution is 0.0997. The van der Waals surface area contributed by atoms with Crippen LogP contribution in [0.4, 0.5) is 0 Å². The van der Waals surface area contributed by atoms with Crippen LogP contribution in [0.3, 0.4) is 0 Å². The maximum atomic E-state index is 12.8. The molecule has 1 aromatic heterocycles. The van der Waals surface area contributed by atoms with Gasteiger partial charge in [0.15, 0.2) is 4.80 Å². The summed E-state index contributed by atoms with van der Waals surface area (Å²) in [5.41, 5.74) is 3.83. The van der Waals surface area contributed by atoms with Gasteiger partial charge in [-0.05, 0) is 49.9 Å². The predicted molar refractivity (Wildman–Crippen MR) is 111 cm³/mol. The van der Waals surface area contributed by atoms with Crippen molar-refractivity contribution in [3.63, 3.8) is 0 Å². The summed E-state index contributed by atoms with van der Waals surface area (Å²) in [4.78, 5) is 18.0. The second kappa shape index (κ2) is 8.10. The lowest BCUT2D eigenvalue weighted by Gasteiger charge is -2.05. The number of carbonyl (C=O) groups excluding carboxylic acids is 1. The molecule has 2 aromatic carbocycles. The lowest BCUT2D eigenvalue weighted by Crippen LogP contribution is -2.18. The smallest absolute Gasteiger partial charge is 0.279 e. The van der Waals surface area contributed by atoms with Gasteiger partial charge in [0.05, 0.1) is 17.3 Å². The van der Waals surface area contributed by atoms with Crippen LogP contribution in [0.1, 0.15) is 21.5 Å². The van der Waals surface area contributed by atoms with E-state index in [1.807, 2.05) is 50.2 Å². The van der Waals surface area contributed by atoms with Crippen molar-refractivity contribution in [2.45, 2.75) is 20.4 Å². The van der Waals surface area contributed by atoms with Crippen LogP contribution in [0.25, 0.3) is 10.2 Å². The number of benzene rings is 2. The zero-order valence-corrected chi connectivity index (χ0v) is 17.0. The number of nitrogens with zero attached hydrogens (tertiary/aromatic N) is 2. The SMILES string of the molecule is COc1ccc2c(c1)sc(=NC(=O)c1ccc(C)cc1C)n2CCSC. The molecule has 3 aromatic rings. The molecule has 0 aliphatic carbocycles. The van der Waals surface area contributed by atoms with Crippen molar-refractivity contribution < 1.29 is 9.53 Å². The predicted octanol–water partition coefficient (Wildman–Crippen LogP) is 4.43. The van der Waals surface area contributed by atoms with E-state index >= 15 is 0 Å². The summed E-state index contributed by atoms with van der Waals surface area (Å²) in [6.45, 7) is 4.79. The number of methoxy groups -OCH3 is 1. The van der Waals surface area contributed by atoms with Crippen molar-refractivity contribution in [3.8, 4) is 5.75 Å². The molecule has 0 aliphatic heterocycles. The van der Waals surface area contributed by atoms with Gasteiger partial charge in [0.1, 0.15) is 5.75 Å². The van der Waals surface area contributed by atoms with E-state index in [0.717, 1.165) is 44.2 Å². The second-order valence-electron chi connectivity index (χ2n) is 6.10. The number of hydrogen-bond donors (Lipinski definition) is 0. The van der Waals surface area contributed by atoms with E-state index in [9.17, 15) is 4.79 Å². The highest BCUT2D eigenvalue weighted by Gasteiger charge is 2.11. The van der Waals surface area contributed by atoms with Crippen LogP contribution in [-0.4, -0.2) is 29.6 Å². The molecule has 0 atom stereocenters. The molecule has 136 valence electrons. The first-order valence-corrected chi connectivity index (χ1v) is 10.6. The summed E-state index contributed by atoms with van der Waals surface area (Å²) >= 11 is 3.30. The Labute approximate surface area is 161 Å². The van der Waals surface area contributed by atoms with Gasteiger partial charge >= 0.3 is 0 Å². The Morgan fingerprint density at radius 1 is 1.23 bits per heavy atom. The average molecular weight is 387 g/mol. The number of fused-ring (bicyclic) bond motifs is 1. The molecule has 1 heterocycles. The van der Waals surface area contributed by atoms with E-state index in [4.69, 9.17) is 4.74 Å². The maximum absolute atomic E-state index is 12.8. The first-order valence-electron chi connectivity index (χ1n) is 8.36. The van der Waals surface area contributed by atoms with Crippen LogP contribution in [0.2, 0.25) is 0 Å². The summed E-state index contributed by atoms with van der Waals surface area (Å²) in [5.74, 6) is 1.57. The standard InChI is InChI=1S/C20H22N2O2S2/c1-13-5-7-16(14(2)11-13)19(23)21-20-22(9-10-25-4)17-8-6-15(24-3)12-18(17)26-20/h5-8,11-12H,9-10H2,1-4H3. The molecule has 0 radical (unpaired) electrons. The largest absolute Gasteiger partial charge is 0.497 e. The molecular weight excluding hydrogens is 364 g/mol. The van der Waals surface area contributed by atoms with Gasteiger partial charge in [-0.1, -0.05) is 29.0 Å². The molecule has 0 saturated carbocycles. The monoisotopic (exact) mass is 386 g/mol. The van der Waals surface area contributed by atoms with Crippen molar-refractivity contribution in [3.05, 3.63) is 57.9 Å². The molecule has 0 spiro atoms. The fourth-order valence-electron chi connectivity index (χ4n) is 2.87. The van der Waals surface area contributed by atoms with Crippen LogP contribution >= 0.6 is 23.1 Å². The van der Waals surface area contributed by atoms with Crippen molar-refractivity contribution in [2.24, 2.45) is 4.99 Å². The highest BCUT2D eigenvalue weighted by atomic mass is 32.2. The topological polar surface area (TPSA) is 43.6 Å². The molecule has 26 heavy (non-hydrogen) atoms. The molecular formula is C20H22N2O2S2. The number of amides is 1. The molecule has 0 fully saturated rings. The molecule has 1 amide bonds. The van der Waals surface area contributed by atoms with Crippen LogP contribution in [0, 0.1) is 13.8 Å². The minimum absolute atomic E-state index is 0.195. The molecule has 0 saturated heterocycles. The summed E-state index contributed by atoms with van der Waals surface area (Å²) in [5, 5.41) is 0. The highest BCUT2D eigenvalue weighted by molar-refractivity contribution is 7.98. The maximum Gasteiger partial charge on any atom is 0.279 e. The van der Waals surface area contributed by atoms with Gasteiger partial charge in [0, 0.05) is 17.9 Å². The Morgan fingerprint density at radius 3 is 2.73 bits per heavy atom. The third-order valence-corrected chi connectivity index (χ3v) is 5.85. The molecule has 3 rings (SSSR count). The fourth-order valence-corrected chi connectivity index (χ4v) is 4.31. The normalized spacial score (nSPS) is 11.9. The summed E-state index contributed by atoms with van der Waals surface area (Å²) in [6.07, 6.45) is 2.08. The van der Waals surface area contributed by atoms with Crippen molar-refractivity contribution >= 4 is 39.2 Å². The second-order valence-corrected chi connectivity index (χ2v) is 8.09. The van der Waals surface area contributed by atoms with Crippen molar-refractivity contribution in [2.75, 3.05) is 19.1 Å². The summed E-state index contributed by atoms with van der Waals surface area (Å²) < 4.78 is 8.52. The number of ether oxygens (including phenoxy) is 1.